The van der Waals surface area contributed by atoms with Crippen LogP contribution in [0.2, 0.25) is 0 Å². The second-order valence-electron chi connectivity index (χ2n) is 8.65. The molecule has 1 aliphatic rings. The lowest BCUT2D eigenvalue weighted by Gasteiger charge is -2.37. The van der Waals surface area contributed by atoms with Crippen LogP contribution < -0.4 is 4.74 Å². The van der Waals surface area contributed by atoms with Crippen LogP contribution in [0.5, 0.6) is 5.88 Å². The molecule has 1 aliphatic heterocycles. The van der Waals surface area contributed by atoms with E-state index in [1.807, 2.05) is 19.1 Å². The number of carbonyl (C=O) groups excluding carboxylic acids is 1. The minimum atomic E-state index is -0.324. The first-order valence-corrected chi connectivity index (χ1v) is 11.2. The minimum Gasteiger partial charge on any atom is -0.472 e. The van der Waals surface area contributed by atoms with Crippen LogP contribution >= 0.6 is 0 Å². The lowest BCUT2D eigenvalue weighted by atomic mass is 9.98. The number of aromatic nitrogens is 1. The zero-order valence-electron chi connectivity index (χ0n) is 19.3. The van der Waals surface area contributed by atoms with E-state index in [1.54, 1.807) is 29.3 Å². The molecule has 1 N–H and O–H groups in total. The van der Waals surface area contributed by atoms with Gasteiger partial charge in [-0.1, -0.05) is 26.0 Å². The zero-order valence-corrected chi connectivity index (χ0v) is 19.3. The standard InChI is InChI=1S/C25H32N4O3/c1-5-9-28(4)15-23-17(2)14-29(18(3)16-30)25(31)22-11-21(13-27-24(22)32-23)20-8-6-7-19(10-20)12-26/h6-8,10-11,13,17-18,23,30H,5,9,14-16H2,1-4H3/t17-,18+,23-/m1/s1. The Balaban J connectivity index is 2.04. The summed E-state index contributed by atoms with van der Waals surface area (Å²) in [4.78, 5) is 22.0. The van der Waals surface area contributed by atoms with Gasteiger partial charge >= 0.3 is 0 Å². The number of carbonyl (C=O) groups is 1. The molecule has 1 aromatic carbocycles. The van der Waals surface area contributed by atoms with Crippen LogP contribution in [0.25, 0.3) is 11.1 Å². The Bertz CT molecular complexity index is 987. The summed E-state index contributed by atoms with van der Waals surface area (Å²) in [6.45, 7) is 8.10. The van der Waals surface area contributed by atoms with Gasteiger partial charge < -0.3 is 19.6 Å². The van der Waals surface area contributed by atoms with Crippen molar-refractivity contribution in [2.45, 2.75) is 39.3 Å². The maximum Gasteiger partial charge on any atom is 0.259 e. The van der Waals surface area contributed by atoms with Crippen molar-refractivity contribution in [3.8, 4) is 23.1 Å². The Labute approximate surface area is 190 Å². The van der Waals surface area contributed by atoms with Crippen molar-refractivity contribution >= 4 is 5.91 Å². The Morgan fingerprint density at radius 2 is 2.16 bits per heavy atom. The Kier molecular flexibility index (Phi) is 7.84. The fourth-order valence-corrected chi connectivity index (χ4v) is 4.03. The Hall–Kier alpha value is -2.95. The van der Waals surface area contributed by atoms with Gasteiger partial charge in [-0.05, 0) is 50.7 Å². The summed E-state index contributed by atoms with van der Waals surface area (Å²) >= 11 is 0. The fraction of sp³-hybridized carbons (Fsp3) is 0.480. The van der Waals surface area contributed by atoms with Gasteiger partial charge in [-0.3, -0.25) is 4.79 Å². The maximum absolute atomic E-state index is 13.5. The van der Waals surface area contributed by atoms with Gasteiger partial charge in [0.1, 0.15) is 11.7 Å². The zero-order chi connectivity index (χ0) is 23.3. The minimum absolute atomic E-state index is 0.0641. The molecule has 1 amide bonds. The normalized spacial score (nSPS) is 19.5. The first-order valence-electron chi connectivity index (χ1n) is 11.2. The van der Waals surface area contributed by atoms with Crippen molar-refractivity contribution in [3.63, 3.8) is 0 Å². The number of ether oxygens (including phenoxy) is 1. The van der Waals surface area contributed by atoms with Gasteiger partial charge in [0.05, 0.1) is 24.3 Å². The van der Waals surface area contributed by atoms with E-state index in [9.17, 15) is 15.2 Å². The summed E-state index contributed by atoms with van der Waals surface area (Å²) in [6, 6.07) is 10.8. The topological polar surface area (TPSA) is 89.7 Å². The molecule has 0 saturated carbocycles. The molecule has 1 aromatic heterocycles. The summed E-state index contributed by atoms with van der Waals surface area (Å²) in [7, 11) is 2.07. The van der Waals surface area contributed by atoms with Crippen molar-refractivity contribution in [1.82, 2.24) is 14.8 Å². The number of likely N-dealkylation sites (N-methyl/N-ethyl adjacent to an activating group) is 1. The highest BCUT2D eigenvalue weighted by molar-refractivity contribution is 5.98. The van der Waals surface area contributed by atoms with E-state index in [4.69, 9.17) is 4.74 Å². The van der Waals surface area contributed by atoms with Gasteiger partial charge in [0.15, 0.2) is 0 Å². The number of pyridine rings is 1. The smallest absolute Gasteiger partial charge is 0.259 e. The molecular formula is C25H32N4O3. The second-order valence-corrected chi connectivity index (χ2v) is 8.65. The lowest BCUT2D eigenvalue weighted by molar-refractivity contribution is 0.0331. The number of amides is 1. The molecule has 3 atom stereocenters. The van der Waals surface area contributed by atoms with Gasteiger partial charge in [-0.15, -0.1) is 0 Å². The van der Waals surface area contributed by atoms with Crippen LogP contribution in [0.15, 0.2) is 36.5 Å². The van der Waals surface area contributed by atoms with Crippen LogP contribution in [0.4, 0.5) is 0 Å². The van der Waals surface area contributed by atoms with Crippen LogP contribution in [-0.4, -0.2) is 71.2 Å². The summed E-state index contributed by atoms with van der Waals surface area (Å²) in [5, 5.41) is 19.0. The summed E-state index contributed by atoms with van der Waals surface area (Å²) < 4.78 is 6.32. The highest BCUT2D eigenvalue weighted by Crippen LogP contribution is 2.30. The van der Waals surface area contributed by atoms with Gasteiger partial charge in [0.25, 0.3) is 5.91 Å². The molecule has 0 fully saturated rings. The molecule has 7 heteroatoms. The molecule has 0 saturated heterocycles. The van der Waals surface area contributed by atoms with E-state index in [2.05, 4.69) is 36.8 Å². The number of aliphatic hydroxyl groups excluding tert-OH is 1. The third kappa shape index (κ3) is 5.26. The molecule has 2 aromatic rings. The van der Waals surface area contributed by atoms with Crippen LogP contribution in [-0.2, 0) is 0 Å². The molecule has 0 radical (unpaired) electrons. The molecular weight excluding hydrogens is 404 g/mol. The molecule has 3 rings (SSSR count). The number of hydrogen-bond donors (Lipinski definition) is 1. The second kappa shape index (κ2) is 10.6. The largest absolute Gasteiger partial charge is 0.472 e. The summed E-state index contributed by atoms with van der Waals surface area (Å²) in [5.41, 5.74) is 2.46. The van der Waals surface area contributed by atoms with Crippen LogP contribution in [0.1, 0.15) is 43.1 Å². The molecule has 0 aliphatic carbocycles. The van der Waals surface area contributed by atoms with E-state index in [0.29, 0.717) is 23.6 Å². The number of fused-ring (bicyclic) bond motifs is 1. The number of hydrogen-bond acceptors (Lipinski definition) is 6. The number of rotatable bonds is 7. The van der Waals surface area contributed by atoms with Crippen molar-refractivity contribution in [2.75, 3.05) is 33.3 Å². The van der Waals surface area contributed by atoms with Gasteiger partial charge in [0, 0.05) is 30.8 Å². The SMILES string of the molecule is CCCN(C)C[C@H]1Oc2ncc(-c3cccc(C#N)c3)cc2C(=O)N([C@@H](C)CO)C[C@H]1C. The van der Waals surface area contributed by atoms with E-state index in [1.165, 1.54) is 0 Å². The van der Waals surface area contributed by atoms with E-state index >= 15 is 0 Å². The molecule has 32 heavy (non-hydrogen) atoms. The molecule has 7 nitrogen and oxygen atoms in total. The molecule has 170 valence electrons. The first-order chi connectivity index (χ1) is 15.4. The Morgan fingerprint density at radius 3 is 2.84 bits per heavy atom. The molecule has 0 unspecified atom stereocenters. The molecule has 0 spiro atoms. The average molecular weight is 437 g/mol. The number of nitriles is 1. The van der Waals surface area contributed by atoms with Gasteiger partial charge in [-0.2, -0.15) is 5.26 Å². The molecule has 0 bridgehead atoms. The van der Waals surface area contributed by atoms with Crippen LogP contribution in [0.3, 0.4) is 0 Å². The Morgan fingerprint density at radius 1 is 1.38 bits per heavy atom. The highest BCUT2D eigenvalue weighted by atomic mass is 16.5. The van der Waals surface area contributed by atoms with Crippen LogP contribution in [0, 0.1) is 17.2 Å². The number of benzene rings is 1. The average Bonchev–Trinajstić information content (AvgIpc) is 2.80. The summed E-state index contributed by atoms with van der Waals surface area (Å²) in [5.74, 6) is 0.167. The van der Waals surface area contributed by atoms with E-state index in [0.717, 1.165) is 30.6 Å². The van der Waals surface area contributed by atoms with Gasteiger partial charge in [-0.25, -0.2) is 4.98 Å². The predicted octanol–water partition coefficient (Wildman–Crippen LogP) is 3.18. The van der Waals surface area contributed by atoms with E-state index in [-0.39, 0.29) is 30.6 Å². The van der Waals surface area contributed by atoms with Gasteiger partial charge in [0.2, 0.25) is 5.88 Å². The molecule has 2 heterocycles. The van der Waals surface area contributed by atoms with Crippen molar-refractivity contribution in [3.05, 3.63) is 47.7 Å². The monoisotopic (exact) mass is 436 g/mol. The number of aliphatic hydroxyl groups is 1. The van der Waals surface area contributed by atoms with E-state index < -0.39 is 0 Å². The van der Waals surface area contributed by atoms with Crippen molar-refractivity contribution in [1.29, 1.82) is 5.26 Å². The maximum atomic E-state index is 13.5. The summed E-state index contributed by atoms with van der Waals surface area (Å²) in [6.07, 6.45) is 2.58. The third-order valence-electron chi connectivity index (χ3n) is 5.94. The number of nitrogens with zero attached hydrogens (tertiary/aromatic N) is 4. The van der Waals surface area contributed by atoms with Crippen molar-refractivity contribution in [2.24, 2.45) is 5.92 Å². The highest BCUT2D eigenvalue weighted by Gasteiger charge is 2.34. The quantitative estimate of drug-likeness (QED) is 0.717. The fourth-order valence-electron chi connectivity index (χ4n) is 4.03. The lowest BCUT2D eigenvalue weighted by Crippen LogP contribution is -2.50. The predicted molar refractivity (Wildman–Crippen MR) is 123 cm³/mol. The third-order valence-corrected chi connectivity index (χ3v) is 5.94. The van der Waals surface area contributed by atoms with Crippen molar-refractivity contribution < 1.29 is 14.6 Å². The first kappa shape index (κ1) is 23.7.